The van der Waals surface area contributed by atoms with Crippen LogP contribution in [0.2, 0.25) is 5.02 Å². The van der Waals surface area contributed by atoms with E-state index in [2.05, 4.69) is 16.4 Å². The molecule has 0 bridgehead atoms. The second-order valence-electron chi connectivity index (χ2n) is 5.80. The van der Waals surface area contributed by atoms with Gasteiger partial charge in [0.2, 0.25) is 0 Å². The maximum atomic E-state index is 13.0. The van der Waals surface area contributed by atoms with Crippen LogP contribution >= 0.6 is 11.6 Å². The number of carbonyl (C=O) groups excluding carboxylic acids is 1. The third-order valence-corrected chi connectivity index (χ3v) is 4.48. The Balaban J connectivity index is 1.81. The van der Waals surface area contributed by atoms with E-state index in [4.69, 9.17) is 11.6 Å². The molecule has 126 valence electrons. The Morgan fingerprint density at radius 1 is 1.08 bits per heavy atom. The number of fused-ring (bicyclic) bond motifs is 1. The Morgan fingerprint density at radius 3 is 2.62 bits per heavy atom. The molecule has 26 heavy (non-hydrogen) atoms. The lowest BCUT2D eigenvalue weighted by Crippen LogP contribution is -2.33. The first-order valence-corrected chi connectivity index (χ1v) is 8.36. The van der Waals surface area contributed by atoms with Crippen molar-refractivity contribution in [3.8, 4) is 6.07 Å². The number of nitrogens with one attached hydrogen (secondary N) is 1. The number of halogens is 1. The quantitative estimate of drug-likeness (QED) is 0.752. The molecule has 3 aromatic rings. The number of hydrogen-bond acceptors (Lipinski definition) is 4. The van der Waals surface area contributed by atoms with Crippen LogP contribution in [0.5, 0.6) is 0 Å². The number of nitrogens with zero attached hydrogens (tertiary/aromatic N) is 3. The molecular formula is C20H13ClN4O. The molecule has 0 saturated carbocycles. The molecule has 0 saturated heterocycles. The van der Waals surface area contributed by atoms with E-state index in [9.17, 15) is 10.1 Å². The molecule has 0 unspecified atom stereocenters. The zero-order chi connectivity index (χ0) is 18.1. The normalized spacial score (nSPS) is 15.5. The van der Waals surface area contributed by atoms with Gasteiger partial charge in [-0.15, -0.1) is 0 Å². The summed E-state index contributed by atoms with van der Waals surface area (Å²) in [7, 11) is 0. The van der Waals surface area contributed by atoms with Gasteiger partial charge >= 0.3 is 0 Å². The maximum absolute atomic E-state index is 13.0. The first-order valence-electron chi connectivity index (χ1n) is 7.99. The summed E-state index contributed by atoms with van der Waals surface area (Å²) in [6, 6.07) is 20.2. The van der Waals surface area contributed by atoms with Crippen LogP contribution in [0.4, 0.5) is 11.5 Å². The minimum Gasteiger partial charge on any atom is -0.360 e. The Hall–Kier alpha value is -3.36. The second kappa shape index (κ2) is 6.51. The van der Waals surface area contributed by atoms with E-state index in [1.807, 2.05) is 30.3 Å². The molecule has 6 heteroatoms. The number of carbonyl (C=O) groups is 1. The van der Waals surface area contributed by atoms with Crippen LogP contribution in [0.25, 0.3) is 0 Å². The Kier molecular flexibility index (Phi) is 4.04. The lowest BCUT2D eigenvalue weighted by molar-refractivity contribution is 0.0992. The van der Waals surface area contributed by atoms with Crippen molar-refractivity contribution < 1.29 is 4.79 Å². The first-order chi connectivity index (χ1) is 12.7. The Morgan fingerprint density at radius 2 is 1.85 bits per heavy atom. The van der Waals surface area contributed by atoms with E-state index in [1.54, 1.807) is 35.2 Å². The van der Waals surface area contributed by atoms with Gasteiger partial charge in [0.15, 0.2) is 0 Å². The average Bonchev–Trinajstić information content (AvgIpc) is 2.95. The molecule has 1 N–H and O–H groups in total. The summed E-state index contributed by atoms with van der Waals surface area (Å²) in [5.74, 6) is 0.338. The molecule has 0 aliphatic carbocycles. The molecule has 2 heterocycles. The minimum absolute atomic E-state index is 0.151. The highest BCUT2D eigenvalue weighted by Crippen LogP contribution is 2.37. The lowest BCUT2D eigenvalue weighted by atomic mass is 10.1. The SMILES string of the molecule is N#Cc1ccccc1N[C@@H]1c2ccccc2C(=O)N1c1ccc(Cl)cn1. The van der Waals surface area contributed by atoms with Crippen LogP contribution in [0, 0.1) is 11.3 Å². The first kappa shape index (κ1) is 16.1. The van der Waals surface area contributed by atoms with Crippen LogP contribution < -0.4 is 10.2 Å². The average molecular weight is 361 g/mol. The van der Waals surface area contributed by atoms with E-state index >= 15 is 0 Å². The van der Waals surface area contributed by atoms with Gasteiger partial charge in [-0.1, -0.05) is 41.9 Å². The largest absolute Gasteiger partial charge is 0.360 e. The van der Waals surface area contributed by atoms with Crippen LogP contribution in [0.15, 0.2) is 66.9 Å². The lowest BCUT2D eigenvalue weighted by Gasteiger charge is -2.26. The number of anilines is 2. The van der Waals surface area contributed by atoms with Crippen molar-refractivity contribution in [2.24, 2.45) is 0 Å². The summed E-state index contributed by atoms with van der Waals surface area (Å²) in [5.41, 5.74) is 2.61. The summed E-state index contributed by atoms with van der Waals surface area (Å²) in [4.78, 5) is 18.9. The van der Waals surface area contributed by atoms with Crippen LogP contribution in [0.1, 0.15) is 27.7 Å². The predicted molar refractivity (Wildman–Crippen MR) is 100 cm³/mol. The molecule has 5 nitrogen and oxygen atoms in total. The monoisotopic (exact) mass is 360 g/mol. The van der Waals surface area contributed by atoms with Crippen molar-refractivity contribution in [1.29, 1.82) is 5.26 Å². The van der Waals surface area contributed by atoms with Crippen molar-refractivity contribution in [2.45, 2.75) is 6.17 Å². The van der Waals surface area contributed by atoms with Gasteiger partial charge < -0.3 is 5.32 Å². The number of para-hydroxylation sites is 1. The molecule has 0 spiro atoms. The van der Waals surface area contributed by atoms with Crippen molar-refractivity contribution in [3.63, 3.8) is 0 Å². The highest BCUT2D eigenvalue weighted by molar-refractivity contribution is 6.30. The highest BCUT2D eigenvalue weighted by atomic mass is 35.5. The molecule has 1 atom stereocenters. The fourth-order valence-corrected chi connectivity index (χ4v) is 3.17. The molecule has 4 rings (SSSR count). The molecule has 1 amide bonds. The number of hydrogen-bond donors (Lipinski definition) is 1. The van der Waals surface area contributed by atoms with Gasteiger partial charge in [0.05, 0.1) is 16.3 Å². The van der Waals surface area contributed by atoms with Gasteiger partial charge in [-0.05, 0) is 30.3 Å². The van der Waals surface area contributed by atoms with E-state index in [0.717, 1.165) is 5.56 Å². The van der Waals surface area contributed by atoms with E-state index in [-0.39, 0.29) is 5.91 Å². The van der Waals surface area contributed by atoms with Crippen molar-refractivity contribution in [1.82, 2.24) is 4.98 Å². The van der Waals surface area contributed by atoms with E-state index < -0.39 is 6.17 Å². The standard InChI is InChI=1S/C20H13ClN4O/c21-14-9-10-18(23-12-14)25-19(15-6-2-3-7-16(15)20(25)26)24-17-8-4-1-5-13(17)11-22/h1-10,12,19,24H/t19-/m0/s1. The summed E-state index contributed by atoms with van der Waals surface area (Å²) in [6.45, 7) is 0. The van der Waals surface area contributed by atoms with Crippen LogP contribution in [-0.4, -0.2) is 10.9 Å². The molecular weight excluding hydrogens is 348 g/mol. The number of pyridine rings is 1. The van der Waals surface area contributed by atoms with Crippen LogP contribution in [0.3, 0.4) is 0 Å². The molecule has 1 aromatic heterocycles. The molecule has 1 aliphatic rings. The number of aromatic nitrogens is 1. The van der Waals surface area contributed by atoms with Gasteiger partial charge in [-0.3, -0.25) is 9.69 Å². The molecule has 0 fully saturated rings. The zero-order valence-corrected chi connectivity index (χ0v) is 14.3. The fraction of sp³-hybridized carbons (Fsp3) is 0.0500. The van der Waals surface area contributed by atoms with E-state index in [1.165, 1.54) is 6.20 Å². The van der Waals surface area contributed by atoms with Gasteiger partial charge in [-0.2, -0.15) is 5.26 Å². The highest BCUT2D eigenvalue weighted by Gasteiger charge is 2.38. The number of benzene rings is 2. The summed E-state index contributed by atoms with van der Waals surface area (Å²) in [6.07, 6.45) is 1.04. The summed E-state index contributed by atoms with van der Waals surface area (Å²) < 4.78 is 0. The van der Waals surface area contributed by atoms with Gasteiger partial charge in [0, 0.05) is 17.3 Å². The third kappa shape index (κ3) is 2.67. The Bertz CT molecular complexity index is 1030. The van der Waals surface area contributed by atoms with Crippen molar-refractivity contribution in [2.75, 3.05) is 10.2 Å². The maximum Gasteiger partial charge on any atom is 0.261 e. The Labute approximate surface area is 155 Å². The van der Waals surface area contributed by atoms with E-state index in [0.29, 0.717) is 27.7 Å². The minimum atomic E-state index is -0.470. The van der Waals surface area contributed by atoms with Crippen molar-refractivity contribution in [3.05, 3.63) is 88.6 Å². The number of rotatable bonds is 3. The van der Waals surface area contributed by atoms with Gasteiger partial charge in [-0.25, -0.2) is 4.98 Å². The van der Waals surface area contributed by atoms with Crippen LogP contribution in [-0.2, 0) is 0 Å². The van der Waals surface area contributed by atoms with Gasteiger partial charge in [0.25, 0.3) is 5.91 Å². The van der Waals surface area contributed by atoms with Crippen molar-refractivity contribution >= 4 is 29.0 Å². The number of nitriles is 1. The summed E-state index contributed by atoms with van der Waals surface area (Å²) >= 11 is 5.93. The second-order valence-corrected chi connectivity index (χ2v) is 6.24. The zero-order valence-electron chi connectivity index (χ0n) is 13.6. The number of amides is 1. The summed E-state index contributed by atoms with van der Waals surface area (Å²) in [5, 5.41) is 13.2. The third-order valence-electron chi connectivity index (χ3n) is 4.26. The molecule has 1 aliphatic heterocycles. The molecule has 2 aromatic carbocycles. The topological polar surface area (TPSA) is 69.0 Å². The van der Waals surface area contributed by atoms with Gasteiger partial charge in [0.1, 0.15) is 18.1 Å². The smallest absolute Gasteiger partial charge is 0.261 e. The fourth-order valence-electron chi connectivity index (χ4n) is 3.06. The predicted octanol–water partition coefficient (Wildman–Crippen LogP) is 4.38. The molecule has 0 radical (unpaired) electrons.